The maximum atomic E-state index is 12.5. The largest absolute Gasteiger partial charge is 0.345 e. The number of carbonyl (C=O) groups is 1. The van der Waals surface area contributed by atoms with E-state index in [1.165, 1.54) is 17.4 Å². The van der Waals surface area contributed by atoms with Crippen molar-refractivity contribution in [1.29, 1.82) is 0 Å². The van der Waals surface area contributed by atoms with Crippen molar-refractivity contribution < 1.29 is 13.2 Å². The average Bonchev–Trinajstić information content (AvgIpc) is 3.15. The SMILES string of the molecule is O=C(N[C@@H]1CCc2cc(Cl)ccc21)c1cc2c(s1)CNS2(=O)=O. The molecule has 5 nitrogen and oxygen atoms in total. The van der Waals surface area contributed by atoms with Crippen molar-refractivity contribution in [2.75, 3.05) is 0 Å². The zero-order chi connectivity index (χ0) is 16.2. The number of nitrogens with one attached hydrogen (secondary N) is 2. The van der Waals surface area contributed by atoms with Crippen molar-refractivity contribution in [3.63, 3.8) is 0 Å². The monoisotopic (exact) mass is 368 g/mol. The quantitative estimate of drug-likeness (QED) is 0.855. The summed E-state index contributed by atoms with van der Waals surface area (Å²) in [5, 5.41) is 3.70. The molecule has 2 N–H and O–H groups in total. The number of rotatable bonds is 2. The van der Waals surface area contributed by atoms with Gasteiger partial charge < -0.3 is 5.32 Å². The summed E-state index contributed by atoms with van der Waals surface area (Å²) in [4.78, 5) is 13.8. The van der Waals surface area contributed by atoms with E-state index in [4.69, 9.17) is 11.6 Å². The van der Waals surface area contributed by atoms with Crippen LogP contribution in [0.15, 0.2) is 29.2 Å². The van der Waals surface area contributed by atoms with E-state index in [1.807, 2.05) is 18.2 Å². The van der Waals surface area contributed by atoms with Crippen molar-refractivity contribution in [3.8, 4) is 0 Å². The first-order chi connectivity index (χ1) is 10.9. The standard InChI is InChI=1S/C15H13ClN2O3S2/c16-9-2-3-10-8(5-9)1-4-11(10)18-15(19)12-6-14-13(22-12)7-17-23(14,20)21/h2-3,5-6,11,17H,1,4,7H2,(H,18,19)/t11-/m1/s1. The fourth-order valence-electron chi connectivity index (χ4n) is 3.08. The lowest BCUT2D eigenvalue weighted by molar-refractivity contribution is 0.0940. The minimum Gasteiger partial charge on any atom is -0.345 e. The predicted octanol–water partition coefficient (Wildman–Crippen LogP) is 2.61. The van der Waals surface area contributed by atoms with Gasteiger partial charge in [0.05, 0.1) is 15.8 Å². The minimum atomic E-state index is -3.43. The third-order valence-electron chi connectivity index (χ3n) is 4.19. The van der Waals surface area contributed by atoms with Crippen LogP contribution in [0.25, 0.3) is 0 Å². The van der Waals surface area contributed by atoms with Gasteiger partial charge in [0.1, 0.15) is 0 Å². The first-order valence-corrected chi connectivity index (χ1v) is 9.83. The molecule has 0 unspecified atom stereocenters. The normalized spacial score (nSPS) is 21.0. The Balaban J connectivity index is 1.57. The number of carbonyl (C=O) groups excluding carboxylic acids is 1. The van der Waals surface area contributed by atoms with Gasteiger partial charge in [0.25, 0.3) is 5.91 Å². The lowest BCUT2D eigenvalue weighted by Gasteiger charge is -2.13. The van der Waals surface area contributed by atoms with Crippen LogP contribution in [0.1, 0.15) is 38.1 Å². The molecule has 1 aromatic carbocycles. The average molecular weight is 369 g/mol. The highest BCUT2D eigenvalue weighted by molar-refractivity contribution is 7.90. The lowest BCUT2D eigenvalue weighted by atomic mass is 10.1. The highest BCUT2D eigenvalue weighted by Crippen LogP contribution is 2.34. The van der Waals surface area contributed by atoms with E-state index in [9.17, 15) is 13.2 Å². The summed E-state index contributed by atoms with van der Waals surface area (Å²) in [5.41, 5.74) is 2.24. The van der Waals surface area contributed by atoms with Crippen LogP contribution in [0.5, 0.6) is 0 Å². The maximum absolute atomic E-state index is 12.5. The third-order valence-corrected chi connectivity index (χ3v) is 7.16. The van der Waals surface area contributed by atoms with Gasteiger partial charge in [-0.15, -0.1) is 11.3 Å². The summed E-state index contributed by atoms with van der Waals surface area (Å²) >= 11 is 7.22. The summed E-state index contributed by atoms with van der Waals surface area (Å²) in [7, 11) is -3.43. The molecule has 23 heavy (non-hydrogen) atoms. The van der Waals surface area contributed by atoms with Gasteiger partial charge in [-0.05, 0) is 42.2 Å². The molecule has 0 saturated carbocycles. The van der Waals surface area contributed by atoms with E-state index in [1.54, 1.807) is 0 Å². The zero-order valence-electron chi connectivity index (χ0n) is 11.9. The van der Waals surface area contributed by atoms with E-state index in [-0.39, 0.29) is 23.4 Å². The molecule has 0 saturated heterocycles. The number of thiophene rings is 1. The van der Waals surface area contributed by atoms with Crippen LogP contribution in [0.3, 0.4) is 0 Å². The summed E-state index contributed by atoms with van der Waals surface area (Å²) in [6.45, 7) is 0.264. The number of aryl methyl sites for hydroxylation is 1. The molecule has 1 atom stereocenters. The van der Waals surface area contributed by atoms with Crippen molar-refractivity contribution in [3.05, 3.63) is 50.2 Å². The fourth-order valence-corrected chi connectivity index (χ4v) is 5.93. The van der Waals surface area contributed by atoms with Gasteiger partial charge in [0.2, 0.25) is 10.0 Å². The number of amides is 1. The smallest absolute Gasteiger partial charge is 0.261 e. The van der Waals surface area contributed by atoms with Crippen molar-refractivity contribution in [2.24, 2.45) is 0 Å². The van der Waals surface area contributed by atoms with Gasteiger partial charge in [-0.3, -0.25) is 4.79 Å². The lowest BCUT2D eigenvalue weighted by Crippen LogP contribution is -2.26. The summed E-state index contributed by atoms with van der Waals surface area (Å²) < 4.78 is 26.0. The number of halogens is 1. The number of hydrogen-bond donors (Lipinski definition) is 2. The number of hydrogen-bond acceptors (Lipinski definition) is 4. The Morgan fingerprint density at radius 1 is 1.35 bits per heavy atom. The molecule has 1 aromatic heterocycles. The minimum absolute atomic E-state index is 0.0542. The van der Waals surface area contributed by atoms with Crippen LogP contribution in [-0.4, -0.2) is 14.3 Å². The Morgan fingerprint density at radius 3 is 2.96 bits per heavy atom. The fraction of sp³-hybridized carbons (Fsp3) is 0.267. The second-order valence-electron chi connectivity index (χ2n) is 5.63. The first-order valence-electron chi connectivity index (χ1n) is 7.15. The molecule has 1 aliphatic carbocycles. The zero-order valence-corrected chi connectivity index (χ0v) is 14.3. The molecule has 0 fully saturated rings. The molecular formula is C15H13ClN2O3S2. The van der Waals surface area contributed by atoms with E-state index in [2.05, 4.69) is 10.0 Å². The summed E-state index contributed by atoms with van der Waals surface area (Å²) in [6.07, 6.45) is 1.70. The van der Waals surface area contributed by atoms with Crippen molar-refractivity contribution in [1.82, 2.24) is 10.0 Å². The summed E-state index contributed by atoms with van der Waals surface area (Å²) in [5.74, 6) is -0.229. The molecule has 0 radical (unpaired) electrons. The molecule has 8 heteroatoms. The van der Waals surface area contributed by atoms with Crippen LogP contribution in [0.4, 0.5) is 0 Å². The molecule has 2 aliphatic rings. The second-order valence-corrected chi connectivity index (χ2v) is 8.94. The summed E-state index contributed by atoms with van der Waals surface area (Å²) in [6, 6.07) is 7.10. The molecule has 0 bridgehead atoms. The van der Waals surface area contributed by atoms with E-state index < -0.39 is 10.0 Å². The molecule has 2 heterocycles. The van der Waals surface area contributed by atoms with E-state index in [0.717, 1.165) is 24.0 Å². The molecule has 1 amide bonds. The van der Waals surface area contributed by atoms with E-state index >= 15 is 0 Å². The third kappa shape index (κ3) is 2.57. The van der Waals surface area contributed by atoms with E-state index in [0.29, 0.717) is 14.8 Å². The molecule has 4 rings (SSSR count). The maximum Gasteiger partial charge on any atom is 0.261 e. The second kappa shape index (κ2) is 5.31. The van der Waals surface area contributed by atoms with Crippen LogP contribution >= 0.6 is 22.9 Å². The Kier molecular flexibility index (Phi) is 3.49. The molecular weight excluding hydrogens is 356 g/mol. The predicted molar refractivity (Wildman–Crippen MR) is 88.3 cm³/mol. The highest BCUT2D eigenvalue weighted by atomic mass is 35.5. The Hall–Kier alpha value is -1.41. The number of fused-ring (bicyclic) bond motifs is 2. The van der Waals surface area contributed by atoms with Gasteiger partial charge in [-0.25, -0.2) is 13.1 Å². The van der Waals surface area contributed by atoms with Gasteiger partial charge in [-0.2, -0.15) is 0 Å². The Labute approximate surface area is 142 Å². The van der Waals surface area contributed by atoms with Crippen LogP contribution in [0, 0.1) is 0 Å². The van der Waals surface area contributed by atoms with Crippen molar-refractivity contribution >= 4 is 38.9 Å². The number of sulfonamides is 1. The van der Waals surface area contributed by atoms with Crippen LogP contribution in [0.2, 0.25) is 5.02 Å². The van der Waals surface area contributed by atoms with Crippen molar-refractivity contribution in [2.45, 2.75) is 30.3 Å². The van der Waals surface area contributed by atoms with Gasteiger partial charge in [-0.1, -0.05) is 17.7 Å². The molecule has 2 aromatic rings. The van der Waals surface area contributed by atoms with Crippen LogP contribution in [-0.2, 0) is 23.0 Å². The van der Waals surface area contributed by atoms with Gasteiger partial charge in [0, 0.05) is 16.4 Å². The first kappa shape index (κ1) is 15.1. The van der Waals surface area contributed by atoms with Gasteiger partial charge in [0.15, 0.2) is 0 Å². The molecule has 120 valence electrons. The Bertz CT molecular complexity index is 921. The molecule has 1 aliphatic heterocycles. The molecule has 0 spiro atoms. The highest BCUT2D eigenvalue weighted by Gasteiger charge is 2.31. The van der Waals surface area contributed by atoms with Gasteiger partial charge >= 0.3 is 0 Å². The Morgan fingerprint density at radius 2 is 2.17 bits per heavy atom. The van der Waals surface area contributed by atoms with Crippen LogP contribution < -0.4 is 10.0 Å². The number of benzene rings is 1. The topological polar surface area (TPSA) is 75.3 Å².